The van der Waals surface area contributed by atoms with Gasteiger partial charge in [0.2, 0.25) is 0 Å². The minimum absolute atomic E-state index is 0.690. The highest BCUT2D eigenvalue weighted by molar-refractivity contribution is 6.91. The summed E-state index contributed by atoms with van der Waals surface area (Å²) in [4.78, 5) is 0. The van der Waals surface area contributed by atoms with Crippen molar-refractivity contribution in [1.82, 2.24) is 0 Å². The lowest BCUT2D eigenvalue weighted by molar-refractivity contribution is 0.665. The van der Waals surface area contributed by atoms with E-state index in [9.17, 15) is 0 Å². The van der Waals surface area contributed by atoms with Crippen LogP contribution in [-0.2, 0) is 0 Å². The summed E-state index contributed by atoms with van der Waals surface area (Å²) in [6.07, 6.45) is 10.7. The predicted octanol–water partition coefficient (Wildman–Crippen LogP) is 6.84. The molecule has 0 amide bonds. The molecule has 0 aromatic heterocycles. The Morgan fingerprint density at radius 3 is 2.04 bits per heavy atom. The maximum atomic E-state index is 2.60. The average Bonchev–Trinajstić information content (AvgIpc) is 2.50. The highest BCUT2D eigenvalue weighted by atomic mass is 28.3. The quantitative estimate of drug-likeness (QED) is 0.261. The molecule has 0 aliphatic rings. The fourth-order valence-electron chi connectivity index (χ4n) is 3.10. The molecular weight excluding hydrogens is 308 g/mol. The molecule has 130 valence electrons. The van der Waals surface area contributed by atoms with E-state index in [-0.39, 0.29) is 0 Å². The normalized spacial score (nSPS) is 15.8. The van der Waals surface area contributed by atoms with Crippen LogP contribution in [0.15, 0.2) is 42.5 Å². The number of hydrogen-bond donors (Lipinski definition) is 0. The Hall–Kier alpha value is -0.606. The SMILES string of the molecule is CCCCCC(/C=C/C(C)[Si](C)(C)c1ccccc1)[Si](C)(C)C. The van der Waals surface area contributed by atoms with Crippen molar-refractivity contribution >= 4 is 21.3 Å². The molecular formula is C21H38Si2. The smallest absolute Gasteiger partial charge is 0.0871 e. The number of allylic oxidation sites excluding steroid dienone is 2. The van der Waals surface area contributed by atoms with Crippen LogP contribution in [0.2, 0.25) is 43.8 Å². The van der Waals surface area contributed by atoms with E-state index in [1.807, 2.05) is 0 Å². The first-order valence-electron chi connectivity index (χ1n) is 9.43. The molecule has 0 heterocycles. The summed E-state index contributed by atoms with van der Waals surface area (Å²) in [7, 11) is -2.53. The number of rotatable bonds is 9. The Balaban J connectivity index is 2.82. The summed E-state index contributed by atoms with van der Waals surface area (Å²) in [6, 6.07) is 11.2. The zero-order valence-corrected chi connectivity index (χ0v) is 18.5. The van der Waals surface area contributed by atoms with Crippen molar-refractivity contribution in [3.8, 4) is 0 Å². The highest BCUT2D eigenvalue weighted by Crippen LogP contribution is 2.32. The summed E-state index contributed by atoms with van der Waals surface area (Å²) in [5.74, 6) is 0. The van der Waals surface area contributed by atoms with Crippen LogP contribution in [-0.4, -0.2) is 16.1 Å². The zero-order chi connectivity index (χ0) is 17.5. The van der Waals surface area contributed by atoms with E-state index in [1.165, 1.54) is 25.7 Å². The lowest BCUT2D eigenvalue weighted by Crippen LogP contribution is -2.44. The van der Waals surface area contributed by atoms with E-state index in [2.05, 4.69) is 89.1 Å². The van der Waals surface area contributed by atoms with Gasteiger partial charge in [0.1, 0.15) is 0 Å². The molecule has 0 bridgehead atoms. The maximum absolute atomic E-state index is 2.60. The van der Waals surface area contributed by atoms with Gasteiger partial charge in [-0.1, -0.05) is 114 Å². The van der Waals surface area contributed by atoms with E-state index >= 15 is 0 Å². The first kappa shape index (κ1) is 20.4. The fourth-order valence-corrected chi connectivity index (χ4v) is 7.03. The molecule has 1 aromatic carbocycles. The Labute approximate surface area is 147 Å². The Morgan fingerprint density at radius 1 is 0.913 bits per heavy atom. The first-order valence-corrected chi connectivity index (χ1v) is 16.1. The van der Waals surface area contributed by atoms with Gasteiger partial charge in [-0.2, -0.15) is 0 Å². The van der Waals surface area contributed by atoms with E-state index in [0.717, 1.165) is 5.54 Å². The Kier molecular flexibility index (Phi) is 8.02. The molecule has 0 radical (unpaired) electrons. The second-order valence-corrected chi connectivity index (χ2v) is 19.1. The van der Waals surface area contributed by atoms with Gasteiger partial charge < -0.3 is 0 Å². The third kappa shape index (κ3) is 6.42. The van der Waals surface area contributed by atoms with Crippen LogP contribution in [0.5, 0.6) is 0 Å². The summed E-state index contributed by atoms with van der Waals surface area (Å²) < 4.78 is 0. The lowest BCUT2D eigenvalue weighted by Gasteiger charge is -2.30. The standard InChI is InChI=1S/C21H38Si2/c1-8-9-11-14-20(22(3,4)5)18-17-19(2)23(6,7)21-15-12-10-13-16-21/h10,12-13,15-20H,8-9,11,14H2,1-7H3/b18-17+. The fraction of sp³-hybridized carbons (Fsp3) is 0.619. The van der Waals surface area contributed by atoms with Crippen molar-refractivity contribution < 1.29 is 0 Å². The van der Waals surface area contributed by atoms with E-state index in [4.69, 9.17) is 0 Å². The lowest BCUT2D eigenvalue weighted by atomic mass is 10.1. The minimum Gasteiger partial charge on any atom is -0.0881 e. The van der Waals surface area contributed by atoms with Crippen LogP contribution in [0.3, 0.4) is 0 Å². The molecule has 0 nitrogen and oxygen atoms in total. The minimum atomic E-state index is -1.42. The van der Waals surface area contributed by atoms with Gasteiger partial charge in [-0.15, -0.1) is 0 Å². The summed E-state index contributed by atoms with van der Waals surface area (Å²) >= 11 is 0. The van der Waals surface area contributed by atoms with E-state index in [0.29, 0.717) is 5.54 Å². The molecule has 0 aliphatic heterocycles. The average molecular weight is 347 g/mol. The van der Waals surface area contributed by atoms with Crippen LogP contribution < -0.4 is 5.19 Å². The van der Waals surface area contributed by atoms with Gasteiger partial charge in [0.25, 0.3) is 0 Å². The van der Waals surface area contributed by atoms with Crippen molar-refractivity contribution in [2.24, 2.45) is 0 Å². The van der Waals surface area contributed by atoms with Crippen LogP contribution in [0.1, 0.15) is 39.5 Å². The molecule has 0 spiro atoms. The molecule has 0 N–H and O–H groups in total. The van der Waals surface area contributed by atoms with Crippen LogP contribution >= 0.6 is 0 Å². The van der Waals surface area contributed by atoms with Crippen molar-refractivity contribution in [1.29, 1.82) is 0 Å². The molecule has 2 heteroatoms. The van der Waals surface area contributed by atoms with E-state index < -0.39 is 16.1 Å². The van der Waals surface area contributed by atoms with Crippen molar-refractivity contribution in [2.45, 2.75) is 83.3 Å². The largest absolute Gasteiger partial charge is 0.0881 e. The molecule has 2 atom stereocenters. The maximum Gasteiger partial charge on any atom is 0.0871 e. The van der Waals surface area contributed by atoms with Crippen molar-refractivity contribution in [3.63, 3.8) is 0 Å². The first-order chi connectivity index (χ1) is 10.7. The van der Waals surface area contributed by atoms with Gasteiger partial charge in [0.05, 0.1) is 16.1 Å². The topological polar surface area (TPSA) is 0 Å². The van der Waals surface area contributed by atoms with Crippen LogP contribution in [0, 0.1) is 0 Å². The van der Waals surface area contributed by atoms with Gasteiger partial charge in [0, 0.05) is 0 Å². The van der Waals surface area contributed by atoms with Gasteiger partial charge in [-0.25, -0.2) is 0 Å². The molecule has 0 fully saturated rings. The number of benzene rings is 1. The third-order valence-electron chi connectivity index (χ3n) is 5.52. The van der Waals surface area contributed by atoms with Gasteiger partial charge in [0.15, 0.2) is 0 Å². The summed E-state index contributed by atoms with van der Waals surface area (Å²) in [5.41, 5.74) is 1.52. The molecule has 0 saturated carbocycles. The van der Waals surface area contributed by atoms with Crippen LogP contribution in [0.4, 0.5) is 0 Å². The van der Waals surface area contributed by atoms with Gasteiger partial charge >= 0.3 is 0 Å². The predicted molar refractivity (Wildman–Crippen MR) is 113 cm³/mol. The molecule has 0 saturated heterocycles. The summed E-state index contributed by atoms with van der Waals surface area (Å²) in [5, 5.41) is 1.58. The molecule has 0 aliphatic carbocycles. The van der Waals surface area contributed by atoms with Crippen molar-refractivity contribution in [3.05, 3.63) is 42.5 Å². The highest BCUT2D eigenvalue weighted by Gasteiger charge is 2.30. The Morgan fingerprint density at radius 2 is 1.52 bits per heavy atom. The second-order valence-electron chi connectivity index (χ2n) is 8.73. The summed E-state index contributed by atoms with van der Waals surface area (Å²) in [6.45, 7) is 17.3. The molecule has 2 unspecified atom stereocenters. The molecule has 23 heavy (non-hydrogen) atoms. The zero-order valence-electron chi connectivity index (χ0n) is 16.5. The molecule has 1 aromatic rings. The molecule has 1 rings (SSSR count). The number of unbranched alkanes of at least 4 members (excludes halogenated alkanes) is 2. The van der Waals surface area contributed by atoms with E-state index in [1.54, 1.807) is 5.19 Å². The van der Waals surface area contributed by atoms with Gasteiger partial charge in [-0.05, 0) is 17.5 Å². The Bertz CT molecular complexity index is 468. The van der Waals surface area contributed by atoms with Crippen molar-refractivity contribution in [2.75, 3.05) is 0 Å². The third-order valence-corrected chi connectivity index (χ3v) is 12.5. The van der Waals surface area contributed by atoms with Gasteiger partial charge in [-0.3, -0.25) is 0 Å². The number of hydrogen-bond acceptors (Lipinski definition) is 0. The second kappa shape index (κ2) is 9.03. The monoisotopic (exact) mass is 346 g/mol. The van der Waals surface area contributed by atoms with Crippen LogP contribution in [0.25, 0.3) is 0 Å².